The van der Waals surface area contributed by atoms with Gasteiger partial charge in [-0.25, -0.2) is 4.79 Å². The van der Waals surface area contributed by atoms with E-state index in [-0.39, 0.29) is 5.97 Å². The van der Waals surface area contributed by atoms with Crippen molar-refractivity contribution in [3.8, 4) is 0 Å². The zero-order valence-corrected chi connectivity index (χ0v) is 14.1. The maximum atomic E-state index is 11.8. The molecule has 0 aliphatic carbocycles. The zero-order chi connectivity index (χ0) is 15.5. The van der Waals surface area contributed by atoms with Crippen LogP contribution < -0.4 is 0 Å². The lowest BCUT2D eigenvalue weighted by atomic mass is 10.1. The van der Waals surface area contributed by atoms with Crippen molar-refractivity contribution in [1.82, 2.24) is 5.06 Å². The molecule has 0 atom stereocenters. The Hall–Kier alpha value is -0.830. The Morgan fingerprint density at radius 2 is 1.50 bits per heavy atom. The van der Waals surface area contributed by atoms with Crippen LogP contribution in [0.15, 0.2) is 12.2 Å². The minimum absolute atomic E-state index is 0.276. The summed E-state index contributed by atoms with van der Waals surface area (Å²) in [6.45, 7) is 16.2. The molecule has 3 nitrogen and oxygen atoms in total. The molecule has 0 bridgehead atoms. The minimum Gasteiger partial charge on any atom is -0.364 e. The van der Waals surface area contributed by atoms with Gasteiger partial charge < -0.3 is 4.84 Å². The lowest BCUT2D eigenvalue weighted by Gasteiger charge is -2.22. The van der Waals surface area contributed by atoms with E-state index in [1.165, 1.54) is 0 Å². The number of hydrogen-bond acceptors (Lipinski definition) is 3. The van der Waals surface area contributed by atoms with Gasteiger partial charge in [0.15, 0.2) is 0 Å². The van der Waals surface area contributed by atoms with Crippen LogP contribution in [0.25, 0.3) is 0 Å². The molecule has 0 unspecified atom stereocenters. The van der Waals surface area contributed by atoms with E-state index < -0.39 is 0 Å². The molecule has 0 aliphatic rings. The summed E-state index contributed by atoms with van der Waals surface area (Å²) in [7, 11) is 0. The average Bonchev–Trinajstić information content (AvgIpc) is 2.36. The Bertz CT molecular complexity index is 271. The maximum Gasteiger partial charge on any atom is 0.352 e. The summed E-state index contributed by atoms with van der Waals surface area (Å²) in [6.07, 6.45) is 5.08. The van der Waals surface area contributed by atoms with Gasteiger partial charge >= 0.3 is 5.97 Å². The summed E-state index contributed by atoms with van der Waals surface area (Å²) in [6, 6.07) is 0. The first kappa shape index (κ1) is 19.2. The van der Waals surface area contributed by atoms with E-state index in [0.717, 1.165) is 38.8 Å². The molecule has 0 aromatic rings. The number of carbonyl (C=O) groups excluding carboxylic acids is 1. The molecule has 0 aliphatic heterocycles. The molecule has 0 spiro atoms. The highest BCUT2D eigenvalue weighted by atomic mass is 16.7. The lowest BCUT2D eigenvalue weighted by molar-refractivity contribution is -0.186. The SMILES string of the molecule is C=C(CC)C(=O)ON(CCCC(C)C)CCCC(C)C. The molecule has 0 aromatic heterocycles. The van der Waals surface area contributed by atoms with Crippen LogP contribution in [0.4, 0.5) is 0 Å². The van der Waals surface area contributed by atoms with Gasteiger partial charge in [-0.1, -0.05) is 41.2 Å². The number of hydroxylamine groups is 2. The average molecular weight is 283 g/mol. The first-order chi connectivity index (χ1) is 9.36. The van der Waals surface area contributed by atoms with Crippen LogP contribution in [0.2, 0.25) is 0 Å². The molecular formula is C17H33NO2. The molecule has 0 saturated carbocycles. The molecule has 0 aromatic carbocycles. The summed E-state index contributed by atoms with van der Waals surface area (Å²) in [5, 5.41) is 1.83. The van der Waals surface area contributed by atoms with Crippen molar-refractivity contribution in [3.05, 3.63) is 12.2 Å². The van der Waals surface area contributed by atoms with Gasteiger partial charge in [0.1, 0.15) is 0 Å². The number of rotatable bonds is 11. The third kappa shape index (κ3) is 10.0. The molecule has 0 heterocycles. The van der Waals surface area contributed by atoms with Crippen molar-refractivity contribution < 1.29 is 9.63 Å². The summed E-state index contributed by atoms with van der Waals surface area (Å²) < 4.78 is 0. The van der Waals surface area contributed by atoms with Gasteiger partial charge in [0.2, 0.25) is 0 Å². The van der Waals surface area contributed by atoms with Crippen molar-refractivity contribution in [3.63, 3.8) is 0 Å². The second-order valence-electron chi connectivity index (χ2n) is 6.34. The van der Waals surface area contributed by atoms with Gasteiger partial charge in [0.25, 0.3) is 0 Å². The van der Waals surface area contributed by atoms with E-state index in [2.05, 4.69) is 34.3 Å². The number of hydrogen-bond donors (Lipinski definition) is 0. The second kappa shape index (κ2) is 10.9. The largest absolute Gasteiger partial charge is 0.364 e. The second-order valence-corrected chi connectivity index (χ2v) is 6.34. The Morgan fingerprint density at radius 3 is 1.85 bits per heavy atom. The molecule has 20 heavy (non-hydrogen) atoms. The Labute approximate surface area is 125 Å². The Morgan fingerprint density at radius 1 is 1.05 bits per heavy atom. The summed E-state index contributed by atoms with van der Waals surface area (Å²) in [4.78, 5) is 17.3. The fourth-order valence-corrected chi connectivity index (χ4v) is 1.88. The van der Waals surface area contributed by atoms with E-state index in [0.29, 0.717) is 23.8 Å². The van der Waals surface area contributed by atoms with Crippen molar-refractivity contribution in [2.45, 2.75) is 66.7 Å². The molecule has 0 amide bonds. The van der Waals surface area contributed by atoms with E-state index in [1.54, 1.807) is 0 Å². The highest BCUT2D eigenvalue weighted by Gasteiger charge is 2.14. The van der Waals surface area contributed by atoms with Crippen LogP contribution in [0.1, 0.15) is 66.7 Å². The van der Waals surface area contributed by atoms with Gasteiger partial charge in [-0.15, -0.1) is 5.06 Å². The maximum absolute atomic E-state index is 11.8. The molecule has 0 fully saturated rings. The molecule has 118 valence electrons. The van der Waals surface area contributed by atoms with E-state index >= 15 is 0 Å². The third-order valence-electron chi connectivity index (χ3n) is 3.31. The topological polar surface area (TPSA) is 29.5 Å². The van der Waals surface area contributed by atoms with Gasteiger partial charge in [-0.05, 0) is 43.9 Å². The van der Waals surface area contributed by atoms with Crippen LogP contribution in [-0.2, 0) is 9.63 Å². The summed E-state index contributed by atoms with van der Waals surface area (Å²) in [5.41, 5.74) is 0.544. The van der Waals surface area contributed by atoms with Gasteiger partial charge in [-0.3, -0.25) is 0 Å². The third-order valence-corrected chi connectivity index (χ3v) is 3.31. The van der Waals surface area contributed by atoms with E-state index in [1.807, 2.05) is 12.0 Å². The molecule has 0 N–H and O–H groups in total. The number of nitrogens with zero attached hydrogens (tertiary/aromatic N) is 1. The van der Waals surface area contributed by atoms with Crippen LogP contribution >= 0.6 is 0 Å². The van der Waals surface area contributed by atoms with E-state index in [9.17, 15) is 4.79 Å². The molecule has 0 saturated heterocycles. The monoisotopic (exact) mass is 283 g/mol. The molecule has 0 rings (SSSR count). The molecule has 0 radical (unpaired) electrons. The quantitative estimate of drug-likeness (QED) is 0.410. The highest BCUT2D eigenvalue weighted by molar-refractivity contribution is 5.87. The lowest BCUT2D eigenvalue weighted by Crippen LogP contribution is -2.30. The normalized spacial score (nSPS) is 11.4. The first-order valence-corrected chi connectivity index (χ1v) is 8.01. The standard InChI is InChI=1S/C17H33NO2/c1-7-16(6)17(19)20-18(12-8-10-14(2)3)13-9-11-15(4)5/h14-15H,6-13H2,1-5H3. The van der Waals surface area contributed by atoms with Crippen molar-refractivity contribution in [2.75, 3.05) is 13.1 Å². The predicted octanol–water partition coefficient (Wildman–Crippen LogP) is 4.59. The van der Waals surface area contributed by atoms with Crippen LogP contribution in [0.3, 0.4) is 0 Å². The fraction of sp³-hybridized carbons (Fsp3) is 0.824. The first-order valence-electron chi connectivity index (χ1n) is 8.01. The van der Waals surface area contributed by atoms with E-state index in [4.69, 9.17) is 4.84 Å². The van der Waals surface area contributed by atoms with Crippen LogP contribution in [0, 0.1) is 11.8 Å². The van der Waals surface area contributed by atoms with Crippen molar-refractivity contribution in [1.29, 1.82) is 0 Å². The van der Waals surface area contributed by atoms with Gasteiger partial charge in [0.05, 0.1) is 0 Å². The predicted molar refractivity (Wildman–Crippen MR) is 85.2 cm³/mol. The summed E-state index contributed by atoms with van der Waals surface area (Å²) in [5.74, 6) is 1.10. The minimum atomic E-state index is -0.276. The van der Waals surface area contributed by atoms with Crippen LogP contribution in [-0.4, -0.2) is 24.1 Å². The number of carbonyl (C=O) groups is 1. The smallest absolute Gasteiger partial charge is 0.352 e. The Kier molecular flexibility index (Phi) is 10.4. The van der Waals surface area contributed by atoms with Crippen LogP contribution in [0.5, 0.6) is 0 Å². The summed E-state index contributed by atoms with van der Waals surface area (Å²) >= 11 is 0. The van der Waals surface area contributed by atoms with Crippen molar-refractivity contribution >= 4 is 5.97 Å². The Balaban J connectivity index is 4.22. The highest BCUT2D eigenvalue weighted by Crippen LogP contribution is 2.10. The van der Waals surface area contributed by atoms with Gasteiger partial charge in [0, 0.05) is 18.7 Å². The van der Waals surface area contributed by atoms with Crippen molar-refractivity contribution in [2.24, 2.45) is 11.8 Å². The molecular weight excluding hydrogens is 250 g/mol. The fourth-order valence-electron chi connectivity index (χ4n) is 1.88. The zero-order valence-electron chi connectivity index (χ0n) is 14.1. The van der Waals surface area contributed by atoms with Gasteiger partial charge in [-0.2, -0.15) is 0 Å². The molecule has 3 heteroatoms.